The molecule has 1 nitrogen and oxygen atoms in total. The molecule has 1 heterocycles. The van der Waals surface area contributed by atoms with Crippen LogP contribution in [0.4, 0.5) is 5.69 Å². The number of aryl methyl sites for hydroxylation is 2. The summed E-state index contributed by atoms with van der Waals surface area (Å²) in [5, 5.41) is 10.2. The molecule has 9 aromatic rings. The molecule has 1 aromatic heterocycles. The zero-order valence-electron chi connectivity index (χ0n) is 29.1. The number of nitrogens with zero attached hydrogens (tertiary/aromatic N) is 1. The van der Waals surface area contributed by atoms with Gasteiger partial charge in [-0.1, -0.05) is 146 Å². The van der Waals surface area contributed by atoms with E-state index in [1.54, 1.807) is 0 Å². The van der Waals surface area contributed by atoms with E-state index < -0.39 is 0 Å². The van der Waals surface area contributed by atoms with Crippen LogP contribution in [-0.4, -0.2) is 5.71 Å². The third kappa shape index (κ3) is 5.35. The highest BCUT2D eigenvalue weighted by atomic mass is 32.1. The summed E-state index contributed by atoms with van der Waals surface area (Å²) < 4.78 is 2.66. The molecule has 0 radical (unpaired) electrons. The number of hydrogen-bond acceptors (Lipinski definition) is 2. The first-order chi connectivity index (χ1) is 25.1. The Bertz CT molecular complexity index is 2850. The predicted molar refractivity (Wildman–Crippen MR) is 224 cm³/mol. The summed E-state index contributed by atoms with van der Waals surface area (Å²) in [4.78, 5) is 5.75. The Hall–Kier alpha value is -5.83. The van der Waals surface area contributed by atoms with Crippen molar-refractivity contribution in [2.75, 3.05) is 0 Å². The fourth-order valence-electron chi connectivity index (χ4n) is 7.93. The topological polar surface area (TPSA) is 12.4 Å². The first-order valence-corrected chi connectivity index (χ1v) is 18.5. The number of fused-ring (bicyclic) bond motifs is 8. The second-order valence-electron chi connectivity index (χ2n) is 13.5. The monoisotopic (exact) mass is 671 g/mol. The molecule has 244 valence electrons. The Morgan fingerprint density at radius 3 is 1.98 bits per heavy atom. The van der Waals surface area contributed by atoms with Crippen LogP contribution in [0.2, 0.25) is 0 Å². The van der Waals surface area contributed by atoms with Crippen molar-refractivity contribution in [1.82, 2.24) is 0 Å². The summed E-state index contributed by atoms with van der Waals surface area (Å²) in [5.74, 6) is 0. The molecular weight excluding hydrogens is 635 g/mol. The van der Waals surface area contributed by atoms with E-state index in [0.29, 0.717) is 6.42 Å². The fourth-order valence-corrected chi connectivity index (χ4v) is 9.22. The van der Waals surface area contributed by atoms with Crippen LogP contribution in [0.5, 0.6) is 0 Å². The largest absolute Gasteiger partial charge is 0.252 e. The van der Waals surface area contributed by atoms with E-state index in [-0.39, 0.29) is 0 Å². The Morgan fingerprint density at radius 1 is 0.569 bits per heavy atom. The van der Waals surface area contributed by atoms with Gasteiger partial charge in [0, 0.05) is 32.0 Å². The van der Waals surface area contributed by atoms with E-state index in [2.05, 4.69) is 179 Å². The van der Waals surface area contributed by atoms with Gasteiger partial charge < -0.3 is 0 Å². The number of benzene rings is 8. The van der Waals surface area contributed by atoms with Crippen LogP contribution in [0.25, 0.3) is 69.2 Å². The number of thiophene rings is 1. The van der Waals surface area contributed by atoms with Gasteiger partial charge in [-0.15, -0.1) is 11.3 Å². The van der Waals surface area contributed by atoms with Crippen LogP contribution in [-0.2, 0) is 6.42 Å². The summed E-state index contributed by atoms with van der Waals surface area (Å²) in [6.45, 7) is 6.60. The maximum Gasteiger partial charge on any atom is 0.0747 e. The minimum absolute atomic E-state index is 0.684. The molecular formula is C49H37NS. The van der Waals surface area contributed by atoms with Gasteiger partial charge in [0.15, 0.2) is 0 Å². The summed E-state index contributed by atoms with van der Waals surface area (Å²) in [6.07, 6.45) is 2.92. The molecule has 0 amide bonds. The molecule has 2 heteroatoms. The van der Waals surface area contributed by atoms with Crippen molar-refractivity contribution in [2.45, 2.75) is 27.2 Å². The second kappa shape index (κ2) is 12.8. The number of aliphatic imine (C=N–C) groups is 1. The molecule has 0 atom stereocenters. The highest BCUT2D eigenvalue weighted by Crippen LogP contribution is 2.43. The van der Waals surface area contributed by atoms with E-state index in [1.807, 2.05) is 11.3 Å². The standard InChI is InChI=1S/C49H37NS/c1-4-36(33-17-6-5-7-18-33)46(50-48-32(3)38-21-12-13-23-40(38)41-24-14-15-25-42(41)48)28-35-29-47-45(30-44(35)37-20-10-8-16-31(37)2)43-27-26-34-19-9-11-22-39(34)49(43)51-47/h4-27,29-30H,28H2,1-3H3/b36-4-,50-46?. The highest BCUT2D eigenvalue weighted by molar-refractivity contribution is 7.26. The lowest BCUT2D eigenvalue weighted by Crippen LogP contribution is -2.08. The summed E-state index contributed by atoms with van der Waals surface area (Å²) in [5.41, 5.74) is 10.7. The lowest BCUT2D eigenvalue weighted by molar-refractivity contribution is 1.31. The van der Waals surface area contributed by atoms with Gasteiger partial charge >= 0.3 is 0 Å². The molecule has 8 aromatic carbocycles. The average molecular weight is 672 g/mol. The Balaban J connectivity index is 1.33. The van der Waals surface area contributed by atoms with Crippen molar-refractivity contribution >= 4 is 80.8 Å². The Labute approximate surface area is 302 Å². The minimum atomic E-state index is 0.684. The van der Waals surface area contributed by atoms with Crippen LogP contribution in [0.3, 0.4) is 0 Å². The van der Waals surface area contributed by atoms with Gasteiger partial charge in [-0.3, -0.25) is 4.99 Å². The quantitative estimate of drug-likeness (QED) is 0.123. The lowest BCUT2D eigenvalue weighted by Gasteiger charge is -2.18. The molecule has 0 N–H and O–H groups in total. The molecule has 0 spiro atoms. The smallest absolute Gasteiger partial charge is 0.0747 e. The Morgan fingerprint density at radius 2 is 1.22 bits per heavy atom. The second-order valence-corrected chi connectivity index (χ2v) is 14.5. The van der Waals surface area contributed by atoms with E-state index in [4.69, 9.17) is 4.99 Å². The third-order valence-corrected chi connectivity index (χ3v) is 11.7. The van der Waals surface area contributed by atoms with Crippen molar-refractivity contribution in [3.63, 3.8) is 0 Å². The number of hydrogen-bond donors (Lipinski definition) is 0. The van der Waals surface area contributed by atoms with Gasteiger partial charge in [0.1, 0.15) is 0 Å². The van der Waals surface area contributed by atoms with Crippen molar-refractivity contribution in [3.8, 4) is 11.1 Å². The SMILES string of the molecule is C/C=C(\C(Cc1cc2sc3c4ccccc4ccc3c2cc1-c1ccccc1C)=Nc1c(C)c2ccccc2c2ccccc12)c1ccccc1. The van der Waals surface area contributed by atoms with Crippen molar-refractivity contribution in [1.29, 1.82) is 0 Å². The van der Waals surface area contributed by atoms with Crippen LogP contribution in [0.1, 0.15) is 29.2 Å². The van der Waals surface area contributed by atoms with Crippen molar-refractivity contribution in [3.05, 3.63) is 180 Å². The van der Waals surface area contributed by atoms with Gasteiger partial charge in [-0.25, -0.2) is 0 Å². The summed E-state index contributed by atoms with van der Waals surface area (Å²) in [6, 6.07) is 55.3. The Kier molecular flexibility index (Phi) is 7.83. The molecule has 0 aliphatic carbocycles. The predicted octanol–water partition coefficient (Wildman–Crippen LogP) is 14.2. The van der Waals surface area contributed by atoms with Crippen LogP contribution >= 0.6 is 11.3 Å². The fraction of sp³-hybridized carbons (Fsp3) is 0.0816. The van der Waals surface area contributed by atoms with Gasteiger partial charge in [-0.2, -0.15) is 0 Å². The van der Waals surface area contributed by atoms with Gasteiger partial charge in [0.05, 0.1) is 11.4 Å². The van der Waals surface area contributed by atoms with Gasteiger partial charge in [-0.05, 0) is 98.8 Å². The zero-order valence-corrected chi connectivity index (χ0v) is 29.9. The van der Waals surface area contributed by atoms with E-state index in [1.165, 1.54) is 85.9 Å². The first-order valence-electron chi connectivity index (χ1n) is 17.7. The summed E-state index contributed by atoms with van der Waals surface area (Å²) in [7, 11) is 0. The molecule has 9 rings (SSSR count). The lowest BCUT2D eigenvalue weighted by atomic mass is 9.88. The van der Waals surface area contributed by atoms with E-state index >= 15 is 0 Å². The summed E-state index contributed by atoms with van der Waals surface area (Å²) >= 11 is 1.91. The first kappa shape index (κ1) is 31.2. The zero-order chi connectivity index (χ0) is 34.5. The van der Waals surface area contributed by atoms with E-state index in [0.717, 1.165) is 17.0 Å². The molecule has 0 aliphatic rings. The third-order valence-electron chi connectivity index (χ3n) is 10.5. The van der Waals surface area contributed by atoms with E-state index in [9.17, 15) is 0 Å². The molecule has 0 saturated heterocycles. The van der Waals surface area contributed by atoms with Crippen LogP contribution < -0.4 is 0 Å². The van der Waals surface area contributed by atoms with Crippen LogP contribution in [0, 0.1) is 13.8 Å². The highest BCUT2D eigenvalue weighted by Gasteiger charge is 2.20. The average Bonchev–Trinajstić information content (AvgIpc) is 3.55. The number of allylic oxidation sites excluding steroid dienone is 2. The molecule has 51 heavy (non-hydrogen) atoms. The van der Waals surface area contributed by atoms with Gasteiger partial charge in [0.25, 0.3) is 0 Å². The van der Waals surface area contributed by atoms with Crippen molar-refractivity contribution in [2.24, 2.45) is 4.99 Å². The molecule has 0 aliphatic heterocycles. The van der Waals surface area contributed by atoms with Crippen molar-refractivity contribution < 1.29 is 0 Å². The molecule has 0 bridgehead atoms. The molecule has 0 unspecified atom stereocenters. The number of rotatable bonds is 6. The normalized spacial score (nSPS) is 12.5. The minimum Gasteiger partial charge on any atom is -0.252 e. The molecule has 0 saturated carbocycles. The maximum absolute atomic E-state index is 5.75. The maximum atomic E-state index is 5.75. The van der Waals surface area contributed by atoms with Crippen LogP contribution in [0.15, 0.2) is 163 Å². The molecule has 0 fully saturated rings. The van der Waals surface area contributed by atoms with Gasteiger partial charge in [0.2, 0.25) is 0 Å².